The van der Waals surface area contributed by atoms with Gasteiger partial charge in [-0.1, -0.05) is 36.4 Å². The van der Waals surface area contributed by atoms with Crippen LogP contribution in [0, 0.1) is 0 Å². The van der Waals surface area contributed by atoms with Gasteiger partial charge in [-0.05, 0) is 39.7 Å². The van der Waals surface area contributed by atoms with Crippen LogP contribution >= 0.6 is 27.7 Å². The number of anilines is 1. The van der Waals surface area contributed by atoms with E-state index in [4.69, 9.17) is 4.74 Å². The highest BCUT2D eigenvalue weighted by Gasteiger charge is 2.21. The normalized spacial score (nSPS) is 13.9. The number of carbonyl (C=O) groups is 2. The van der Waals surface area contributed by atoms with Crippen molar-refractivity contribution in [3.63, 3.8) is 0 Å². The Bertz CT molecular complexity index is 1430. The molecule has 5 rings (SSSR count). The van der Waals surface area contributed by atoms with Gasteiger partial charge in [0.05, 0.1) is 23.2 Å². The average Bonchev–Trinajstić information content (AvgIpc) is 3.32. The van der Waals surface area contributed by atoms with Gasteiger partial charge < -0.3 is 15.4 Å². The molecule has 2 aromatic heterocycles. The molecule has 3 N–H and O–H groups in total. The highest BCUT2D eigenvalue weighted by molar-refractivity contribution is 9.10. The van der Waals surface area contributed by atoms with E-state index in [0.717, 1.165) is 41.0 Å². The molecule has 1 aliphatic rings. The van der Waals surface area contributed by atoms with E-state index in [2.05, 4.69) is 46.6 Å². The molecule has 0 unspecified atom stereocenters. The smallest absolute Gasteiger partial charge is 0.270 e. The van der Waals surface area contributed by atoms with Gasteiger partial charge in [0, 0.05) is 54.0 Å². The second-order valence-corrected chi connectivity index (χ2v) is 10.5. The molecule has 0 atom stereocenters. The number of halogens is 1. The Morgan fingerprint density at radius 2 is 1.87 bits per heavy atom. The molecule has 1 fully saturated rings. The summed E-state index contributed by atoms with van der Waals surface area (Å²) in [5.41, 5.74) is 2.63. The number of ether oxygens (including phenoxy) is 1. The zero-order valence-electron chi connectivity index (χ0n) is 20.6. The maximum absolute atomic E-state index is 13.2. The zero-order valence-corrected chi connectivity index (χ0v) is 23.0. The number of thioether (sulfide) groups is 1. The standard InChI is InChI=1S/C27H27BrN6O3S/c28-22-24(27(36)30-11-12-34-13-15-37-16-14-34)32-33-25(22)31-26(35)20-8-2-1-5-19(20)17-38-21-9-3-6-18-7-4-10-29-23(18)21/h1-10H,11-17H2,(H,30,36)(H2,31,32,33,35). The number of aromatic amines is 1. The van der Waals surface area contributed by atoms with Crippen LogP contribution in [0.25, 0.3) is 10.9 Å². The molecule has 9 nitrogen and oxygen atoms in total. The first-order valence-corrected chi connectivity index (χ1v) is 14.1. The lowest BCUT2D eigenvalue weighted by molar-refractivity contribution is 0.0383. The van der Waals surface area contributed by atoms with Crippen LogP contribution in [0.1, 0.15) is 26.4 Å². The molecule has 1 saturated heterocycles. The molecule has 3 heterocycles. The molecule has 0 spiro atoms. The first-order chi connectivity index (χ1) is 18.6. The average molecular weight is 596 g/mol. The van der Waals surface area contributed by atoms with Gasteiger partial charge in [-0.15, -0.1) is 11.8 Å². The van der Waals surface area contributed by atoms with Gasteiger partial charge >= 0.3 is 0 Å². The molecule has 11 heteroatoms. The molecule has 2 amide bonds. The first-order valence-electron chi connectivity index (χ1n) is 12.3. The zero-order chi connectivity index (χ0) is 26.3. The largest absolute Gasteiger partial charge is 0.379 e. The summed E-state index contributed by atoms with van der Waals surface area (Å²) in [7, 11) is 0. The van der Waals surface area contributed by atoms with Gasteiger partial charge in [-0.3, -0.25) is 24.6 Å². The van der Waals surface area contributed by atoms with Crippen LogP contribution in [0.2, 0.25) is 0 Å². The van der Waals surface area contributed by atoms with Crippen molar-refractivity contribution < 1.29 is 14.3 Å². The molecular formula is C27H27BrN6O3S. The van der Waals surface area contributed by atoms with Crippen molar-refractivity contribution in [2.24, 2.45) is 0 Å². The summed E-state index contributed by atoms with van der Waals surface area (Å²) < 4.78 is 5.75. The number of nitrogens with zero attached hydrogens (tertiary/aromatic N) is 3. The maximum Gasteiger partial charge on any atom is 0.270 e. The number of H-pyrrole nitrogens is 1. The van der Waals surface area contributed by atoms with Crippen molar-refractivity contribution in [2.45, 2.75) is 10.6 Å². The lowest BCUT2D eigenvalue weighted by Crippen LogP contribution is -2.41. The summed E-state index contributed by atoms with van der Waals surface area (Å²) in [6.07, 6.45) is 1.79. The van der Waals surface area contributed by atoms with Crippen LogP contribution in [0.5, 0.6) is 0 Å². The Kier molecular flexibility index (Phi) is 8.69. The van der Waals surface area contributed by atoms with Gasteiger partial charge in [0.25, 0.3) is 11.8 Å². The van der Waals surface area contributed by atoms with Crippen molar-refractivity contribution in [3.05, 3.63) is 82.1 Å². The fourth-order valence-corrected chi connectivity index (χ4v) is 5.69. The third-order valence-corrected chi connectivity index (χ3v) is 8.09. The van der Waals surface area contributed by atoms with Crippen molar-refractivity contribution in [1.82, 2.24) is 25.4 Å². The lowest BCUT2D eigenvalue weighted by atomic mass is 10.1. The number of para-hydroxylation sites is 1. The minimum Gasteiger partial charge on any atom is -0.379 e. The lowest BCUT2D eigenvalue weighted by Gasteiger charge is -2.26. The summed E-state index contributed by atoms with van der Waals surface area (Å²) in [6.45, 7) is 4.39. The summed E-state index contributed by atoms with van der Waals surface area (Å²) in [4.78, 5) is 33.7. The number of rotatable bonds is 9. The first kappa shape index (κ1) is 26.4. The van der Waals surface area contributed by atoms with Crippen LogP contribution in [0.15, 0.2) is 70.2 Å². The monoisotopic (exact) mass is 594 g/mol. The quantitative estimate of drug-likeness (QED) is 0.247. The number of benzene rings is 2. The molecule has 2 aromatic carbocycles. The number of amides is 2. The molecular weight excluding hydrogens is 568 g/mol. The number of aromatic nitrogens is 3. The Hall–Kier alpha value is -3.25. The van der Waals surface area contributed by atoms with Gasteiger partial charge in [0.2, 0.25) is 0 Å². The van der Waals surface area contributed by atoms with Crippen molar-refractivity contribution in [3.8, 4) is 0 Å². The highest BCUT2D eigenvalue weighted by Crippen LogP contribution is 2.30. The maximum atomic E-state index is 13.2. The minimum absolute atomic E-state index is 0.258. The Morgan fingerprint density at radius 1 is 1.05 bits per heavy atom. The van der Waals surface area contributed by atoms with Crippen LogP contribution in [-0.4, -0.2) is 71.3 Å². The van der Waals surface area contributed by atoms with Gasteiger partial charge in [0.15, 0.2) is 5.82 Å². The topological polar surface area (TPSA) is 112 Å². The number of morpholine rings is 1. The van der Waals surface area contributed by atoms with Gasteiger partial charge in [-0.2, -0.15) is 5.10 Å². The molecule has 1 aliphatic heterocycles. The Balaban J connectivity index is 1.22. The number of carbonyl (C=O) groups excluding carboxylic acids is 2. The minimum atomic E-state index is -0.302. The third-order valence-electron chi connectivity index (χ3n) is 6.22. The van der Waals surface area contributed by atoms with E-state index in [9.17, 15) is 9.59 Å². The molecule has 4 aromatic rings. The van der Waals surface area contributed by atoms with E-state index in [1.807, 2.05) is 48.5 Å². The second kappa shape index (κ2) is 12.5. The fourth-order valence-electron chi connectivity index (χ4n) is 4.19. The number of hydrogen-bond donors (Lipinski definition) is 3. The van der Waals surface area contributed by atoms with E-state index in [-0.39, 0.29) is 23.3 Å². The number of pyridine rings is 1. The molecule has 0 aliphatic carbocycles. The van der Waals surface area contributed by atoms with Gasteiger partial charge in [-0.25, -0.2) is 0 Å². The van der Waals surface area contributed by atoms with Crippen LogP contribution < -0.4 is 10.6 Å². The van der Waals surface area contributed by atoms with E-state index in [1.54, 1.807) is 24.0 Å². The van der Waals surface area contributed by atoms with E-state index < -0.39 is 0 Å². The number of nitrogens with one attached hydrogen (secondary N) is 3. The van der Waals surface area contributed by atoms with Crippen LogP contribution in [0.3, 0.4) is 0 Å². The predicted octanol–water partition coefficient (Wildman–Crippen LogP) is 4.33. The molecule has 0 saturated carbocycles. The number of hydrogen-bond acceptors (Lipinski definition) is 7. The SMILES string of the molecule is O=C(Nc1n[nH]c(C(=O)NCCN2CCOCC2)c1Br)c1ccccc1CSc1cccc2cccnc12. The van der Waals surface area contributed by atoms with Gasteiger partial charge in [0.1, 0.15) is 5.69 Å². The molecule has 196 valence electrons. The number of fused-ring (bicyclic) bond motifs is 1. The molecule has 38 heavy (non-hydrogen) atoms. The molecule has 0 radical (unpaired) electrons. The predicted molar refractivity (Wildman–Crippen MR) is 152 cm³/mol. The summed E-state index contributed by atoms with van der Waals surface area (Å²) in [6, 6.07) is 17.5. The second-order valence-electron chi connectivity index (χ2n) is 8.70. The summed E-state index contributed by atoms with van der Waals surface area (Å²) in [5, 5.41) is 13.7. The van der Waals surface area contributed by atoms with Crippen molar-refractivity contribution >= 4 is 56.2 Å². The molecule has 0 bridgehead atoms. The summed E-state index contributed by atoms with van der Waals surface area (Å²) in [5.74, 6) is 0.258. The van der Waals surface area contributed by atoms with Crippen molar-refractivity contribution in [1.29, 1.82) is 0 Å². The Labute approximate surface area is 232 Å². The van der Waals surface area contributed by atoms with Crippen LogP contribution in [-0.2, 0) is 10.5 Å². The Morgan fingerprint density at radius 3 is 2.74 bits per heavy atom. The van der Waals surface area contributed by atoms with Crippen LogP contribution in [0.4, 0.5) is 5.82 Å². The van der Waals surface area contributed by atoms with Crippen molar-refractivity contribution in [2.75, 3.05) is 44.7 Å². The fraction of sp³-hybridized carbons (Fsp3) is 0.259. The van der Waals surface area contributed by atoms with E-state index >= 15 is 0 Å². The van der Waals surface area contributed by atoms with E-state index in [1.165, 1.54) is 0 Å². The van der Waals surface area contributed by atoms with E-state index in [0.29, 0.717) is 35.5 Å². The summed E-state index contributed by atoms with van der Waals surface area (Å²) >= 11 is 5.05. The highest BCUT2D eigenvalue weighted by atomic mass is 79.9. The third kappa shape index (κ3) is 6.24.